The van der Waals surface area contributed by atoms with Crippen LogP contribution in [0.4, 0.5) is 9.93 Å². The molecule has 0 bridgehead atoms. The van der Waals surface area contributed by atoms with Crippen molar-refractivity contribution >= 4 is 32.6 Å². The molecule has 0 atom stereocenters. The third-order valence-electron chi connectivity index (χ3n) is 2.03. The maximum atomic E-state index is 11.9. The van der Waals surface area contributed by atoms with Gasteiger partial charge in [-0.25, -0.2) is 22.5 Å². The van der Waals surface area contributed by atoms with Crippen LogP contribution in [0.3, 0.4) is 0 Å². The number of amides is 1. The Balaban J connectivity index is 3.27. The summed E-state index contributed by atoms with van der Waals surface area (Å²) in [7, 11) is 0.560. The normalized spacial score (nSPS) is 11.8. The predicted octanol–water partition coefficient (Wildman–Crippen LogP) is 0.816. The fraction of sp³-hybridized carbons (Fsp3) is 0.500. The Morgan fingerprint density at radius 2 is 1.88 bits per heavy atom. The van der Waals surface area contributed by atoms with Gasteiger partial charge in [0.1, 0.15) is 0 Å². The van der Waals surface area contributed by atoms with Crippen molar-refractivity contribution < 1.29 is 18.3 Å². The molecule has 7 nitrogen and oxygen atoms in total. The fourth-order valence-electron chi connectivity index (χ4n) is 0.999. The van der Waals surface area contributed by atoms with Crippen LogP contribution >= 0.6 is 11.3 Å². The molecule has 1 N–H and O–H groups in total. The summed E-state index contributed by atoms with van der Waals surface area (Å²) < 4.78 is 24.9. The third-order valence-corrected chi connectivity index (χ3v) is 5.67. The van der Waals surface area contributed by atoms with E-state index in [4.69, 9.17) is 5.11 Å². The van der Waals surface area contributed by atoms with E-state index in [1.807, 2.05) is 0 Å². The van der Waals surface area contributed by atoms with Crippen LogP contribution < -0.4 is 4.90 Å². The van der Waals surface area contributed by atoms with E-state index in [1.54, 1.807) is 0 Å². The summed E-state index contributed by atoms with van der Waals surface area (Å²) in [5, 5.41) is 8.91. The van der Waals surface area contributed by atoms with E-state index in [2.05, 4.69) is 4.98 Å². The first-order valence-corrected chi connectivity index (χ1v) is 6.80. The minimum Gasteiger partial charge on any atom is -0.465 e. The molecule has 0 saturated carbocycles. The van der Waals surface area contributed by atoms with Gasteiger partial charge in [0.05, 0.1) is 5.69 Å². The number of rotatable bonds is 3. The summed E-state index contributed by atoms with van der Waals surface area (Å²) in [6.07, 6.45) is -1.19. The molecule has 1 aromatic heterocycles. The lowest BCUT2D eigenvalue weighted by Crippen LogP contribution is -2.23. The lowest BCUT2D eigenvalue weighted by molar-refractivity contribution is 0.203. The maximum absolute atomic E-state index is 11.9. The number of thiazole rings is 1. The second kappa shape index (κ2) is 4.59. The van der Waals surface area contributed by atoms with Crippen molar-refractivity contribution in [1.29, 1.82) is 0 Å². The quantitative estimate of drug-likeness (QED) is 0.884. The molecule has 0 aliphatic heterocycles. The van der Waals surface area contributed by atoms with E-state index in [0.717, 1.165) is 20.5 Å². The number of sulfonamides is 1. The summed E-state index contributed by atoms with van der Waals surface area (Å²) in [6, 6.07) is 0. The van der Waals surface area contributed by atoms with Crippen molar-refractivity contribution in [2.75, 3.05) is 26.0 Å². The number of carbonyl (C=O) groups is 1. The van der Waals surface area contributed by atoms with Crippen LogP contribution in [0.1, 0.15) is 5.69 Å². The number of hydrogen-bond acceptors (Lipinski definition) is 5. The second-order valence-electron chi connectivity index (χ2n) is 3.50. The zero-order chi connectivity index (χ0) is 13.4. The van der Waals surface area contributed by atoms with Crippen molar-refractivity contribution in [2.45, 2.75) is 11.1 Å². The molecule has 1 amide bonds. The maximum Gasteiger partial charge on any atom is 0.413 e. The Bertz CT molecular complexity index is 535. The number of aryl methyl sites for hydroxylation is 1. The lowest BCUT2D eigenvalue weighted by atomic mass is 10.6. The van der Waals surface area contributed by atoms with Crippen molar-refractivity contribution in [3.05, 3.63) is 5.69 Å². The van der Waals surface area contributed by atoms with Gasteiger partial charge >= 0.3 is 6.09 Å². The van der Waals surface area contributed by atoms with E-state index in [1.165, 1.54) is 28.1 Å². The van der Waals surface area contributed by atoms with Gasteiger partial charge in [-0.05, 0) is 6.92 Å². The molecule has 0 aliphatic rings. The average Bonchev–Trinajstić information content (AvgIpc) is 2.59. The van der Waals surface area contributed by atoms with Crippen molar-refractivity contribution in [1.82, 2.24) is 9.29 Å². The first kappa shape index (κ1) is 13.9. The average molecular weight is 279 g/mol. The van der Waals surface area contributed by atoms with Crippen LogP contribution in [0, 0.1) is 6.92 Å². The summed E-state index contributed by atoms with van der Waals surface area (Å²) in [5.41, 5.74) is 0.298. The second-order valence-corrected chi connectivity index (χ2v) is 6.82. The highest BCUT2D eigenvalue weighted by Crippen LogP contribution is 2.30. The molecular formula is C8H13N3O4S2. The molecular weight excluding hydrogens is 266 g/mol. The van der Waals surface area contributed by atoms with Gasteiger partial charge in [-0.3, -0.25) is 4.90 Å². The minimum absolute atomic E-state index is 0.0607. The van der Waals surface area contributed by atoms with Gasteiger partial charge < -0.3 is 5.11 Å². The highest BCUT2D eigenvalue weighted by molar-refractivity contribution is 7.91. The van der Waals surface area contributed by atoms with Gasteiger partial charge in [-0.15, -0.1) is 0 Å². The van der Waals surface area contributed by atoms with Crippen LogP contribution in [0.5, 0.6) is 0 Å². The predicted molar refractivity (Wildman–Crippen MR) is 64.2 cm³/mol. The molecule has 1 heterocycles. The Hall–Kier alpha value is -1.19. The van der Waals surface area contributed by atoms with Crippen LogP contribution in [0.2, 0.25) is 0 Å². The zero-order valence-electron chi connectivity index (χ0n) is 9.83. The van der Waals surface area contributed by atoms with Gasteiger partial charge in [-0.1, -0.05) is 11.3 Å². The highest BCUT2D eigenvalue weighted by Gasteiger charge is 2.26. The smallest absolute Gasteiger partial charge is 0.413 e. The standard InChI is InChI=1S/C8H13N3O4S2/c1-5-6(17(14,15)10(2)3)16-7(9-5)11(4)8(12)13/h1-4H3,(H,12,13). The topological polar surface area (TPSA) is 90.8 Å². The number of hydrogen-bond donors (Lipinski definition) is 1. The SMILES string of the molecule is Cc1nc(N(C)C(=O)O)sc1S(=O)(=O)N(C)C. The molecule has 0 saturated heterocycles. The highest BCUT2D eigenvalue weighted by atomic mass is 32.2. The Kier molecular flexibility index (Phi) is 3.74. The molecule has 17 heavy (non-hydrogen) atoms. The summed E-state index contributed by atoms with van der Waals surface area (Å²) in [6.45, 7) is 1.53. The molecule has 9 heteroatoms. The zero-order valence-corrected chi connectivity index (χ0v) is 11.5. The summed E-state index contributed by atoms with van der Waals surface area (Å²) in [5.74, 6) is 0. The van der Waals surface area contributed by atoms with Crippen molar-refractivity contribution in [3.63, 3.8) is 0 Å². The number of nitrogens with zero attached hydrogens (tertiary/aromatic N) is 3. The number of carboxylic acid groups (broad SMARTS) is 1. The molecule has 0 radical (unpaired) electrons. The minimum atomic E-state index is -3.58. The van der Waals surface area contributed by atoms with E-state index >= 15 is 0 Å². The van der Waals surface area contributed by atoms with Gasteiger partial charge in [0.15, 0.2) is 9.34 Å². The Morgan fingerprint density at radius 1 is 1.35 bits per heavy atom. The van der Waals surface area contributed by atoms with Crippen molar-refractivity contribution in [2.24, 2.45) is 0 Å². The Labute approximate surface area is 103 Å². The van der Waals surface area contributed by atoms with Gasteiger partial charge in [0.2, 0.25) is 0 Å². The summed E-state index contributed by atoms with van der Waals surface area (Å²) >= 11 is 0.836. The fourth-order valence-corrected chi connectivity index (χ4v) is 3.60. The number of aromatic nitrogens is 1. The summed E-state index contributed by atoms with van der Waals surface area (Å²) in [4.78, 5) is 15.6. The van der Waals surface area contributed by atoms with E-state index in [0.29, 0.717) is 5.69 Å². The van der Waals surface area contributed by atoms with Crippen LogP contribution in [0.25, 0.3) is 0 Å². The van der Waals surface area contributed by atoms with E-state index in [-0.39, 0.29) is 9.34 Å². The molecule has 1 rings (SSSR count). The molecule has 96 valence electrons. The molecule has 0 aromatic carbocycles. The first-order chi connectivity index (χ1) is 7.67. The van der Waals surface area contributed by atoms with Crippen LogP contribution in [-0.4, -0.2) is 50.0 Å². The van der Waals surface area contributed by atoms with Gasteiger partial charge in [0, 0.05) is 21.1 Å². The molecule has 1 aromatic rings. The number of anilines is 1. The molecule has 0 aliphatic carbocycles. The molecule has 0 unspecified atom stereocenters. The van der Waals surface area contributed by atoms with Gasteiger partial charge in [0.25, 0.3) is 10.0 Å². The Morgan fingerprint density at radius 3 is 2.29 bits per heavy atom. The molecule has 0 spiro atoms. The molecule has 0 fully saturated rings. The van der Waals surface area contributed by atoms with E-state index in [9.17, 15) is 13.2 Å². The third kappa shape index (κ3) is 2.56. The van der Waals surface area contributed by atoms with Crippen LogP contribution in [-0.2, 0) is 10.0 Å². The lowest BCUT2D eigenvalue weighted by Gasteiger charge is -2.09. The van der Waals surface area contributed by atoms with Gasteiger partial charge in [-0.2, -0.15) is 0 Å². The van der Waals surface area contributed by atoms with E-state index < -0.39 is 16.1 Å². The largest absolute Gasteiger partial charge is 0.465 e. The van der Waals surface area contributed by atoms with Crippen molar-refractivity contribution in [3.8, 4) is 0 Å². The monoisotopic (exact) mass is 279 g/mol. The van der Waals surface area contributed by atoms with Crippen LogP contribution in [0.15, 0.2) is 4.21 Å². The first-order valence-electron chi connectivity index (χ1n) is 4.54.